The minimum atomic E-state index is -0.911. The van der Waals surface area contributed by atoms with Crippen molar-refractivity contribution in [1.82, 2.24) is 10.2 Å². The van der Waals surface area contributed by atoms with E-state index in [0.717, 1.165) is 34.4 Å². The zero-order valence-corrected chi connectivity index (χ0v) is 26.9. The number of hydrogen-bond donors (Lipinski definition) is 2. The SMILES string of the molecule is Cc1ccccc1C(C(=O)Nc1c(C)cccc1C)N(C(=O)C(NC(=O)OC(C)(C)C)C(C)C)C(C)CCC(C)C. The van der Waals surface area contributed by atoms with Gasteiger partial charge in [0.15, 0.2) is 0 Å². The van der Waals surface area contributed by atoms with Gasteiger partial charge >= 0.3 is 6.09 Å². The van der Waals surface area contributed by atoms with Gasteiger partial charge in [-0.1, -0.05) is 70.2 Å². The van der Waals surface area contributed by atoms with Crippen LogP contribution in [-0.4, -0.2) is 40.5 Å². The molecule has 2 rings (SSSR count). The van der Waals surface area contributed by atoms with Gasteiger partial charge in [-0.15, -0.1) is 0 Å². The first-order chi connectivity index (χ1) is 19.0. The van der Waals surface area contributed by atoms with Gasteiger partial charge < -0.3 is 20.3 Å². The summed E-state index contributed by atoms with van der Waals surface area (Å²) in [6, 6.07) is 11.5. The number of anilines is 1. The van der Waals surface area contributed by atoms with E-state index in [-0.39, 0.29) is 23.8 Å². The molecule has 7 nitrogen and oxygen atoms in total. The van der Waals surface area contributed by atoms with E-state index >= 15 is 0 Å². The molecule has 0 aliphatic rings. The van der Waals surface area contributed by atoms with Crippen LogP contribution in [0.1, 0.15) is 96.5 Å². The van der Waals surface area contributed by atoms with Crippen LogP contribution in [0.2, 0.25) is 0 Å². The van der Waals surface area contributed by atoms with Crippen LogP contribution < -0.4 is 10.6 Å². The molecular formula is C34H51N3O4. The van der Waals surface area contributed by atoms with E-state index < -0.39 is 23.8 Å². The van der Waals surface area contributed by atoms with Gasteiger partial charge in [-0.25, -0.2) is 4.79 Å². The van der Waals surface area contributed by atoms with Gasteiger partial charge in [0.2, 0.25) is 5.91 Å². The topological polar surface area (TPSA) is 87.7 Å². The normalized spacial score (nSPS) is 13.9. The number of nitrogens with one attached hydrogen (secondary N) is 2. The number of benzene rings is 2. The van der Waals surface area contributed by atoms with Crippen LogP contribution in [0.5, 0.6) is 0 Å². The lowest BCUT2D eigenvalue weighted by Crippen LogP contribution is -2.56. The minimum Gasteiger partial charge on any atom is -0.444 e. The molecule has 226 valence electrons. The number of rotatable bonds is 11. The standard InChI is InChI=1S/C34H51N3O4/c1-21(2)19-20-26(8)37(32(39)28(22(3)4)36-33(40)41-34(9,10)11)30(27-18-13-12-15-23(27)5)31(38)35-29-24(6)16-14-17-25(29)7/h12-18,21-22,26,28,30H,19-20H2,1-11H3,(H,35,38)(H,36,40). The van der Waals surface area contributed by atoms with Crippen LogP contribution in [0.25, 0.3) is 0 Å². The van der Waals surface area contributed by atoms with Crippen LogP contribution in [-0.2, 0) is 14.3 Å². The second kappa shape index (κ2) is 14.5. The lowest BCUT2D eigenvalue weighted by atomic mass is 9.93. The van der Waals surface area contributed by atoms with Gasteiger partial charge in [-0.2, -0.15) is 0 Å². The predicted octanol–water partition coefficient (Wildman–Crippen LogP) is 7.49. The van der Waals surface area contributed by atoms with E-state index in [4.69, 9.17) is 4.74 Å². The Hall–Kier alpha value is -3.35. The van der Waals surface area contributed by atoms with Crippen molar-refractivity contribution in [1.29, 1.82) is 0 Å². The minimum absolute atomic E-state index is 0.242. The Morgan fingerprint density at radius 1 is 0.829 bits per heavy atom. The molecule has 7 heteroatoms. The summed E-state index contributed by atoms with van der Waals surface area (Å²) in [5.74, 6) is -0.419. The summed E-state index contributed by atoms with van der Waals surface area (Å²) in [5.41, 5.74) is 3.57. The number of carbonyl (C=O) groups is 3. The van der Waals surface area contributed by atoms with Crippen molar-refractivity contribution < 1.29 is 19.1 Å². The van der Waals surface area contributed by atoms with Crippen molar-refractivity contribution in [3.8, 4) is 0 Å². The van der Waals surface area contributed by atoms with E-state index in [9.17, 15) is 14.4 Å². The van der Waals surface area contributed by atoms with Crippen molar-refractivity contribution in [2.45, 2.75) is 113 Å². The molecule has 2 N–H and O–H groups in total. The zero-order valence-electron chi connectivity index (χ0n) is 26.9. The van der Waals surface area contributed by atoms with E-state index in [1.165, 1.54) is 0 Å². The molecule has 2 aromatic carbocycles. The fourth-order valence-electron chi connectivity index (χ4n) is 4.94. The third-order valence-corrected chi connectivity index (χ3v) is 7.23. The lowest BCUT2D eigenvalue weighted by Gasteiger charge is -2.40. The fourth-order valence-corrected chi connectivity index (χ4v) is 4.94. The fraction of sp³-hybridized carbons (Fsp3) is 0.559. The highest BCUT2D eigenvalue weighted by Gasteiger charge is 2.40. The van der Waals surface area contributed by atoms with Crippen LogP contribution in [0, 0.1) is 32.6 Å². The maximum atomic E-state index is 14.6. The highest BCUT2D eigenvalue weighted by Crippen LogP contribution is 2.32. The van der Waals surface area contributed by atoms with Crippen LogP contribution in [0.15, 0.2) is 42.5 Å². The number of para-hydroxylation sites is 1. The molecular weight excluding hydrogens is 514 g/mol. The van der Waals surface area contributed by atoms with Crippen molar-refractivity contribution >= 4 is 23.6 Å². The van der Waals surface area contributed by atoms with Crippen molar-refractivity contribution in [2.24, 2.45) is 11.8 Å². The average Bonchev–Trinajstić information content (AvgIpc) is 2.85. The second-order valence-corrected chi connectivity index (χ2v) is 12.9. The van der Waals surface area contributed by atoms with Gasteiger partial charge in [0.25, 0.3) is 5.91 Å². The Balaban J connectivity index is 2.67. The van der Waals surface area contributed by atoms with Gasteiger partial charge in [0, 0.05) is 11.7 Å². The maximum absolute atomic E-state index is 14.6. The van der Waals surface area contributed by atoms with Crippen LogP contribution in [0.3, 0.4) is 0 Å². The molecule has 0 saturated heterocycles. The van der Waals surface area contributed by atoms with Gasteiger partial charge in [0.1, 0.15) is 17.7 Å². The first-order valence-electron chi connectivity index (χ1n) is 14.8. The maximum Gasteiger partial charge on any atom is 0.408 e. The molecule has 0 aliphatic carbocycles. The van der Waals surface area contributed by atoms with Crippen molar-refractivity contribution in [3.63, 3.8) is 0 Å². The molecule has 0 bridgehead atoms. The summed E-state index contributed by atoms with van der Waals surface area (Å²) in [7, 11) is 0. The molecule has 41 heavy (non-hydrogen) atoms. The van der Waals surface area contributed by atoms with Crippen molar-refractivity contribution in [3.05, 3.63) is 64.7 Å². The number of ether oxygens (including phenoxy) is 1. The molecule has 3 amide bonds. The number of carbonyl (C=O) groups excluding carboxylic acids is 3. The van der Waals surface area contributed by atoms with Crippen LogP contribution >= 0.6 is 0 Å². The molecule has 0 saturated carbocycles. The van der Waals surface area contributed by atoms with E-state index in [1.807, 2.05) is 84.0 Å². The molecule has 0 fully saturated rings. The van der Waals surface area contributed by atoms with Gasteiger partial charge in [-0.05, 0) is 95.4 Å². The monoisotopic (exact) mass is 565 g/mol. The first kappa shape index (κ1) is 33.9. The highest BCUT2D eigenvalue weighted by molar-refractivity contribution is 6.00. The summed E-state index contributed by atoms with van der Waals surface area (Å²) >= 11 is 0. The van der Waals surface area contributed by atoms with Crippen molar-refractivity contribution in [2.75, 3.05) is 5.32 Å². The molecule has 0 spiro atoms. The number of nitrogens with zero attached hydrogens (tertiary/aromatic N) is 1. The van der Waals surface area contributed by atoms with Gasteiger partial charge in [-0.3, -0.25) is 9.59 Å². The number of alkyl carbamates (subject to hydrolysis) is 1. The second-order valence-electron chi connectivity index (χ2n) is 12.9. The molecule has 0 aliphatic heterocycles. The van der Waals surface area contributed by atoms with Crippen LogP contribution in [0.4, 0.5) is 10.5 Å². The van der Waals surface area contributed by atoms with E-state index in [0.29, 0.717) is 12.3 Å². The number of aryl methyl sites for hydroxylation is 3. The molecule has 0 heterocycles. The average molecular weight is 566 g/mol. The zero-order chi connectivity index (χ0) is 31.1. The highest BCUT2D eigenvalue weighted by atomic mass is 16.6. The van der Waals surface area contributed by atoms with Gasteiger partial charge in [0.05, 0.1) is 0 Å². The molecule has 3 unspecified atom stereocenters. The quantitative estimate of drug-likeness (QED) is 0.295. The predicted molar refractivity (Wildman–Crippen MR) is 167 cm³/mol. The Kier molecular flexibility index (Phi) is 12.0. The molecule has 0 aromatic heterocycles. The summed E-state index contributed by atoms with van der Waals surface area (Å²) in [6.07, 6.45) is 0.932. The lowest BCUT2D eigenvalue weighted by molar-refractivity contribution is -0.144. The Morgan fingerprint density at radius 3 is 1.90 bits per heavy atom. The summed E-state index contributed by atoms with van der Waals surface area (Å²) in [5, 5.41) is 5.97. The summed E-state index contributed by atoms with van der Waals surface area (Å²) in [4.78, 5) is 43.4. The molecule has 3 atom stereocenters. The Morgan fingerprint density at radius 2 is 1.39 bits per heavy atom. The Labute approximate surface area is 247 Å². The molecule has 2 aromatic rings. The largest absolute Gasteiger partial charge is 0.444 e. The van der Waals surface area contributed by atoms with E-state index in [1.54, 1.807) is 25.7 Å². The third-order valence-electron chi connectivity index (χ3n) is 7.23. The number of amides is 3. The number of hydrogen-bond acceptors (Lipinski definition) is 4. The summed E-state index contributed by atoms with van der Waals surface area (Å²) in [6.45, 7) is 21.3. The molecule has 0 radical (unpaired) electrons. The van der Waals surface area contributed by atoms with E-state index in [2.05, 4.69) is 24.5 Å². The summed E-state index contributed by atoms with van der Waals surface area (Å²) < 4.78 is 5.50. The Bertz CT molecular complexity index is 1180. The first-order valence-corrected chi connectivity index (χ1v) is 14.8. The third kappa shape index (κ3) is 9.61. The smallest absolute Gasteiger partial charge is 0.408 e.